The van der Waals surface area contributed by atoms with Crippen LogP contribution in [0.1, 0.15) is 16.6 Å². The lowest BCUT2D eigenvalue weighted by molar-refractivity contribution is -0.139. The standard InChI is InChI=1S/C23H23NO6S2/c1-27-19-10-14(23-31-8-9-32-23)2-4-18(19)30-22(26)15-11-21(25)24(13-15)16-3-5-17-20(12-16)29-7-6-28-17/h2-5,10,12,15,23H,6-9,11,13H2,1H3. The normalized spacial score (nSPS) is 20.5. The Bertz CT molecular complexity index is 1040. The van der Waals surface area contributed by atoms with Crippen molar-refractivity contribution < 1.29 is 28.5 Å². The third-order valence-corrected chi connectivity index (χ3v) is 8.69. The van der Waals surface area contributed by atoms with E-state index in [0.717, 1.165) is 17.1 Å². The van der Waals surface area contributed by atoms with Crippen molar-refractivity contribution in [1.82, 2.24) is 0 Å². The minimum absolute atomic E-state index is 0.100. The van der Waals surface area contributed by atoms with Gasteiger partial charge in [-0.1, -0.05) is 6.07 Å². The highest BCUT2D eigenvalue weighted by molar-refractivity contribution is 8.19. The third-order valence-electron chi connectivity index (χ3n) is 5.59. The maximum absolute atomic E-state index is 12.9. The summed E-state index contributed by atoms with van der Waals surface area (Å²) < 4.78 is 22.7. The number of thioether (sulfide) groups is 2. The quantitative estimate of drug-likeness (QED) is 0.478. The molecule has 0 bridgehead atoms. The predicted octanol–water partition coefficient (Wildman–Crippen LogP) is 3.90. The van der Waals surface area contributed by atoms with E-state index in [2.05, 4.69) is 0 Å². The van der Waals surface area contributed by atoms with Gasteiger partial charge in [0.25, 0.3) is 0 Å². The van der Waals surface area contributed by atoms with Crippen LogP contribution in [-0.2, 0) is 9.59 Å². The van der Waals surface area contributed by atoms with Crippen LogP contribution in [0.5, 0.6) is 23.0 Å². The number of amides is 1. The number of esters is 1. The molecule has 9 heteroatoms. The van der Waals surface area contributed by atoms with Crippen molar-refractivity contribution >= 4 is 41.1 Å². The first-order valence-electron chi connectivity index (χ1n) is 10.5. The van der Waals surface area contributed by atoms with E-state index in [9.17, 15) is 9.59 Å². The van der Waals surface area contributed by atoms with Gasteiger partial charge in [0, 0.05) is 36.2 Å². The second-order valence-corrected chi connectivity index (χ2v) is 10.4. The molecule has 1 unspecified atom stereocenters. The second kappa shape index (κ2) is 9.15. The van der Waals surface area contributed by atoms with Crippen LogP contribution in [0.15, 0.2) is 36.4 Å². The highest BCUT2D eigenvalue weighted by Crippen LogP contribution is 2.47. The van der Waals surface area contributed by atoms with Gasteiger partial charge in [-0.2, -0.15) is 0 Å². The lowest BCUT2D eigenvalue weighted by Crippen LogP contribution is -2.27. The minimum atomic E-state index is -0.555. The Labute approximate surface area is 194 Å². The summed E-state index contributed by atoms with van der Waals surface area (Å²) in [7, 11) is 1.56. The number of anilines is 1. The molecule has 0 aliphatic carbocycles. The highest BCUT2D eigenvalue weighted by Gasteiger charge is 2.37. The van der Waals surface area contributed by atoms with E-state index in [1.165, 1.54) is 0 Å². The van der Waals surface area contributed by atoms with Gasteiger partial charge in [0.15, 0.2) is 23.0 Å². The lowest BCUT2D eigenvalue weighted by atomic mass is 10.1. The number of fused-ring (bicyclic) bond motifs is 1. The van der Waals surface area contributed by atoms with Gasteiger partial charge in [-0.3, -0.25) is 9.59 Å². The average Bonchev–Trinajstić information content (AvgIpc) is 3.49. The van der Waals surface area contributed by atoms with E-state index in [4.69, 9.17) is 18.9 Å². The minimum Gasteiger partial charge on any atom is -0.493 e. The van der Waals surface area contributed by atoms with Crippen molar-refractivity contribution in [3.63, 3.8) is 0 Å². The molecule has 1 amide bonds. The van der Waals surface area contributed by atoms with Crippen molar-refractivity contribution in [3.8, 4) is 23.0 Å². The maximum atomic E-state index is 12.9. The number of hydrogen-bond acceptors (Lipinski definition) is 8. The van der Waals surface area contributed by atoms with Gasteiger partial charge in [-0.15, -0.1) is 23.5 Å². The SMILES string of the molecule is COc1cc(C2SCCS2)ccc1OC(=O)C1CC(=O)N(c2ccc3c(c2)OCCO3)C1. The van der Waals surface area contributed by atoms with Crippen LogP contribution in [0.2, 0.25) is 0 Å². The fourth-order valence-electron chi connectivity index (χ4n) is 3.97. The van der Waals surface area contributed by atoms with Crippen LogP contribution >= 0.6 is 23.5 Å². The van der Waals surface area contributed by atoms with Gasteiger partial charge < -0.3 is 23.8 Å². The molecule has 168 valence electrons. The van der Waals surface area contributed by atoms with Crippen molar-refractivity contribution in [2.75, 3.05) is 43.3 Å². The van der Waals surface area contributed by atoms with Crippen LogP contribution in [0.3, 0.4) is 0 Å². The van der Waals surface area contributed by atoms with Crippen molar-refractivity contribution in [2.24, 2.45) is 5.92 Å². The zero-order valence-corrected chi connectivity index (χ0v) is 19.2. The smallest absolute Gasteiger partial charge is 0.316 e. The van der Waals surface area contributed by atoms with Gasteiger partial charge in [0.05, 0.1) is 17.6 Å². The molecule has 5 rings (SSSR count). The van der Waals surface area contributed by atoms with E-state index in [1.807, 2.05) is 35.7 Å². The van der Waals surface area contributed by atoms with E-state index in [0.29, 0.717) is 46.5 Å². The average molecular weight is 474 g/mol. The zero-order chi connectivity index (χ0) is 22.1. The van der Waals surface area contributed by atoms with E-state index < -0.39 is 11.9 Å². The Balaban J connectivity index is 1.28. The largest absolute Gasteiger partial charge is 0.493 e. The lowest BCUT2D eigenvalue weighted by Gasteiger charge is -2.22. The Morgan fingerprint density at radius 2 is 1.81 bits per heavy atom. The van der Waals surface area contributed by atoms with Gasteiger partial charge >= 0.3 is 5.97 Å². The fourth-order valence-corrected chi connectivity index (χ4v) is 6.81. The summed E-state index contributed by atoms with van der Waals surface area (Å²) in [6.07, 6.45) is 0.100. The Morgan fingerprint density at radius 1 is 1.03 bits per heavy atom. The number of nitrogens with zero attached hydrogens (tertiary/aromatic N) is 1. The summed E-state index contributed by atoms with van der Waals surface area (Å²) >= 11 is 3.80. The molecule has 2 saturated heterocycles. The molecule has 0 N–H and O–H groups in total. The number of ether oxygens (including phenoxy) is 4. The molecule has 1 atom stereocenters. The summed E-state index contributed by atoms with van der Waals surface area (Å²) in [6, 6.07) is 11.1. The van der Waals surface area contributed by atoms with Gasteiger partial charge in [-0.05, 0) is 29.8 Å². The number of rotatable bonds is 5. The molecule has 3 aliphatic rings. The summed E-state index contributed by atoms with van der Waals surface area (Å²) in [5.74, 6) is 3.31. The van der Waals surface area contributed by atoms with Gasteiger partial charge in [-0.25, -0.2) is 0 Å². The molecule has 3 heterocycles. The van der Waals surface area contributed by atoms with Crippen molar-refractivity contribution in [1.29, 1.82) is 0 Å². The molecular weight excluding hydrogens is 450 g/mol. The summed E-state index contributed by atoms with van der Waals surface area (Å²) in [6.45, 7) is 1.23. The molecule has 0 radical (unpaired) electrons. The van der Waals surface area contributed by atoms with Crippen LogP contribution in [-0.4, -0.2) is 50.3 Å². The predicted molar refractivity (Wildman–Crippen MR) is 124 cm³/mol. The molecule has 0 saturated carbocycles. The fraction of sp³-hybridized carbons (Fsp3) is 0.391. The molecule has 0 aromatic heterocycles. The van der Waals surface area contributed by atoms with E-state index in [-0.39, 0.29) is 18.9 Å². The topological polar surface area (TPSA) is 74.3 Å². The van der Waals surface area contributed by atoms with Crippen molar-refractivity contribution in [2.45, 2.75) is 11.0 Å². The molecule has 2 fully saturated rings. The number of carbonyl (C=O) groups is 2. The first-order chi connectivity index (χ1) is 15.6. The number of hydrogen-bond donors (Lipinski definition) is 0. The monoisotopic (exact) mass is 473 g/mol. The first-order valence-corrected chi connectivity index (χ1v) is 12.5. The molecule has 2 aromatic rings. The van der Waals surface area contributed by atoms with Gasteiger partial charge in [0.2, 0.25) is 5.91 Å². The summed E-state index contributed by atoms with van der Waals surface area (Å²) in [5, 5.41) is 0. The van der Waals surface area contributed by atoms with Crippen molar-refractivity contribution in [3.05, 3.63) is 42.0 Å². The number of benzene rings is 2. The van der Waals surface area contributed by atoms with Crippen LogP contribution < -0.4 is 23.8 Å². The van der Waals surface area contributed by atoms with Crippen LogP contribution in [0.25, 0.3) is 0 Å². The Hall–Kier alpha value is -2.52. The van der Waals surface area contributed by atoms with Gasteiger partial charge in [0.1, 0.15) is 13.2 Å². The molecule has 2 aromatic carbocycles. The summed E-state index contributed by atoms with van der Waals surface area (Å²) in [4.78, 5) is 27.1. The Kier molecular flexibility index (Phi) is 6.10. The number of carbonyl (C=O) groups excluding carboxylic acids is 2. The van der Waals surface area contributed by atoms with E-state index in [1.54, 1.807) is 36.3 Å². The molecular formula is C23H23NO6S2. The van der Waals surface area contributed by atoms with Crippen LogP contribution in [0, 0.1) is 5.92 Å². The molecule has 3 aliphatic heterocycles. The highest BCUT2D eigenvalue weighted by atomic mass is 32.2. The molecule has 7 nitrogen and oxygen atoms in total. The Morgan fingerprint density at radius 3 is 2.59 bits per heavy atom. The second-order valence-electron chi connectivity index (χ2n) is 7.64. The third kappa shape index (κ3) is 4.23. The maximum Gasteiger partial charge on any atom is 0.316 e. The summed E-state index contributed by atoms with van der Waals surface area (Å²) in [5.41, 5.74) is 1.83. The molecule has 0 spiro atoms. The van der Waals surface area contributed by atoms with E-state index >= 15 is 0 Å². The first kappa shape index (κ1) is 21.3. The van der Waals surface area contributed by atoms with Crippen LogP contribution in [0.4, 0.5) is 5.69 Å². The zero-order valence-electron chi connectivity index (χ0n) is 17.6. The number of methoxy groups -OCH3 is 1. The molecule has 32 heavy (non-hydrogen) atoms.